The van der Waals surface area contributed by atoms with Crippen molar-refractivity contribution in [2.45, 2.75) is 38.8 Å². The lowest BCUT2D eigenvalue weighted by molar-refractivity contribution is -0.123. The third-order valence-corrected chi connectivity index (χ3v) is 5.31. The molecule has 0 spiro atoms. The Morgan fingerprint density at radius 1 is 0.903 bits per heavy atom. The zero-order valence-corrected chi connectivity index (χ0v) is 17.6. The Morgan fingerprint density at radius 3 is 2.35 bits per heavy atom. The van der Waals surface area contributed by atoms with Crippen molar-refractivity contribution in [2.24, 2.45) is 0 Å². The van der Waals surface area contributed by atoms with Crippen molar-refractivity contribution in [1.29, 1.82) is 0 Å². The van der Waals surface area contributed by atoms with Gasteiger partial charge in [-0.25, -0.2) is 0 Å². The van der Waals surface area contributed by atoms with Crippen LogP contribution in [0.15, 0.2) is 78.9 Å². The highest BCUT2D eigenvalue weighted by molar-refractivity contribution is 5.76. The van der Waals surface area contributed by atoms with Gasteiger partial charge in [-0.15, -0.1) is 0 Å². The van der Waals surface area contributed by atoms with Gasteiger partial charge in [-0.05, 0) is 34.4 Å². The van der Waals surface area contributed by atoms with Gasteiger partial charge in [-0.1, -0.05) is 66.7 Å². The number of benzene rings is 3. The van der Waals surface area contributed by atoms with Crippen LogP contribution in [0.3, 0.4) is 0 Å². The van der Waals surface area contributed by atoms with Crippen molar-refractivity contribution >= 4 is 5.91 Å². The molecule has 0 bridgehead atoms. The molecule has 0 aliphatic carbocycles. The fourth-order valence-corrected chi connectivity index (χ4v) is 3.62. The molecule has 0 fully saturated rings. The van der Waals surface area contributed by atoms with Gasteiger partial charge in [0.2, 0.25) is 5.91 Å². The van der Waals surface area contributed by atoms with E-state index in [-0.39, 0.29) is 12.1 Å². The average molecular weight is 417 g/mol. The predicted molar refractivity (Wildman–Crippen MR) is 120 cm³/mol. The highest BCUT2D eigenvalue weighted by atomic mass is 16.5. The zero-order chi connectivity index (χ0) is 21.3. The Kier molecular flexibility index (Phi) is 7.32. The average Bonchev–Trinajstić information content (AvgIpc) is 2.82. The smallest absolute Gasteiger partial charge is 0.223 e. The number of nitrogens with one attached hydrogen (secondary N) is 2. The first kappa shape index (κ1) is 21.1. The van der Waals surface area contributed by atoms with Crippen molar-refractivity contribution < 1.29 is 14.3 Å². The molecule has 1 heterocycles. The summed E-state index contributed by atoms with van der Waals surface area (Å²) in [6, 6.07) is 26.3. The van der Waals surface area contributed by atoms with Crippen LogP contribution < -0.4 is 15.4 Å². The van der Waals surface area contributed by atoms with E-state index in [4.69, 9.17) is 9.47 Å². The van der Waals surface area contributed by atoms with Gasteiger partial charge < -0.3 is 14.8 Å². The first-order chi connectivity index (χ1) is 15.3. The van der Waals surface area contributed by atoms with Crippen LogP contribution in [-0.2, 0) is 35.7 Å². The standard InChI is InChI=1S/C26H28N2O3/c29-26(13-14-30-18-20-7-3-1-4-8-20)28-25-16-22-11-12-24(15-23(22)17-27-25)31-19-21-9-5-2-6-10-21/h1-12,15,25,27H,13-14,16-19H2,(H,28,29). The molecule has 5 nitrogen and oxygen atoms in total. The van der Waals surface area contributed by atoms with Crippen LogP contribution in [-0.4, -0.2) is 18.7 Å². The molecule has 1 unspecified atom stereocenters. The van der Waals surface area contributed by atoms with Gasteiger partial charge in [0, 0.05) is 13.0 Å². The van der Waals surface area contributed by atoms with Crippen LogP contribution in [0.1, 0.15) is 28.7 Å². The number of ether oxygens (including phenoxy) is 2. The fraction of sp³-hybridized carbons (Fsp3) is 0.269. The molecule has 0 saturated carbocycles. The van der Waals surface area contributed by atoms with Crippen LogP contribution in [0.4, 0.5) is 0 Å². The molecule has 0 radical (unpaired) electrons. The lowest BCUT2D eigenvalue weighted by atomic mass is 9.98. The monoisotopic (exact) mass is 416 g/mol. The maximum Gasteiger partial charge on any atom is 0.223 e. The van der Waals surface area contributed by atoms with Crippen molar-refractivity contribution in [3.8, 4) is 5.75 Å². The largest absolute Gasteiger partial charge is 0.489 e. The summed E-state index contributed by atoms with van der Waals surface area (Å²) in [5.74, 6) is 0.860. The normalized spacial score (nSPS) is 15.2. The Bertz CT molecular complexity index is 976. The van der Waals surface area contributed by atoms with E-state index in [2.05, 4.69) is 34.9 Å². The second kappa shape index (κ2) is 10.8. The minimum absolute atomic E-state index is 0.00294. The Balaban J connectivity index is 1.20. The number of hydrogen-bond donors (Lipinski definition) is 2. The molecule has 0 aromatic heterocycles. The molecule has 3 aromatic carbocycles. The number of fused-ring (bicyclic) bond motifs is 1. The summed E-state index contributed by atoms with van der Waals surface area (Å²) in [4.78, 5) is 12.3. The molecule has 0 saturated heterocycles. The Morgan fingerprint density at radius 2 is 1.61 bits per heavy atom. The van der Waals surface area contributed by atoms with Gasteiger partial charge in [0.15, 0.2) is 0 Å². The second-order valence-corrected chi connectivity index (χ2v) is 7.70. The number of amides is 1. The molecule has 31 heavy (non-hydrogen) atoms. The van der Waals surface area contributed by atoms with E-state index in [0.29, 0.717) is 32.8 Å². The topological polar surface area (TPSA) is 59.6 Å². The van der Waals surface area contributed by atoms with E-state index in [9.17, 15) is 4.79 Å². The maximum absolute atomic E-state index is 12.3. The summed E-state index contributed by atoms with van der Waals surface area (Å²) >= 11 is 0. The van der Waals surface area contributed by atoms with Gasteiger partial charge in [0.1, 0.15) is 12.4 Å². The summed E-state index contributed by atoms with van der Waals surface area (Å²) in [5.41, 5.74) is 4.70. The first-order valence-electron chi connectivity index (χ1n) is 10.7. The molecule has 160 valence electrons. The minimum atomic E-state index is -0.0646. The molecular weight excluding hydrogens is 388 g/mol. The van der Waals surface area contributed by atoms with Crippen molar-refractivity contribution in [1.82, 2.24) is 10.6 Å². The first-order valence-corrected chi connectivity index (χ1v) is 10.7. The molecule has 1 aliphatic rings. The van der Waals surface area contributed by atoms with Crippen molar-refractivity contribution in [2.75, 3.05) is 6.61 Å². The van der Waals surface area contributed by atoms with Crippen LogP contribution in [0.2, 0.25) is 0 Å². The zero-order valence-electron chi connectivity index (χ0n) is 17.6. The van der Waals surface area contributed by atoms with Crippen LogP contribution in [0.5, 0.6) is 5.75 Å². The maximum atomic E-state index is 12.3. The molecular formula is C26H28N2O3. The predicted octanol–water partition coefficient (Wildman–Crippen LogP) is 3.96. The van der Waals surface area contributed by atoms with Gasteiger partial charge in [0.05, 0.1) is 25.8 Å². The van der Waals surface area contributed by atoms with E-state index in [1.165, 1.54) is 11.1 Å². The van der Waals surface area contributed by atoms with Crippen molar-refractivity contribution in [3.63, 3.8) is 0 Å². The summed E-state index contributed by atoms with van der Waals surface area (Å²) < 4.78 is 11.5. The van der Waals surface area contributed by atoms with Gasteiger partial charge in [-0.2, -0.15) is 0 Å². The second-order valence-electron chi connectivity index (χ2n) is 7.70. The number of carbonyl (C=O) groups is 1. The van der Waals surface area contributed by atoms with Gasteiger partial charge >= 0.3 is 0 Å². The molecule has 4 rings (SSSR count). The van der Waals surface area contributed by atoms with E-state index in [1.54, 1.807) is 0 Å². The van der Waals surface area contributed by atoms with Gasteiger partial charge in [-0.3, -0.25) is 10.1 Å². The van der Waals surface area contributed by atoms with E-state index < -0.39 is 0 Å². The summed E-state index contributed by atoms with van der Waals surface area (Å²) in [7, 11) is 0. The fourth-order valence-electron chi connectivity index (χ4n) is 3.62. The molecule has 1 aliphatic heterocycles. The van der Waals surface area contributed by atoms with Crippen molar-refractivity contribution in [3.05, 3.63) is 101 Å². The number of hydrogen-bond acceptors (Lipinski definition) is 4. The number of carbonyl (C=O) groups excluding carboxylic acids is 1. The van der Waals surface area contributed by atoms with Crippen LogP contribution in [0, 0.1) is 0 Å². The van der Waals surface area contributed by atoms with Crippen LogP contribution in [0.25, 0.3) is 0 Å². The quantitative estimate of drug-likeness (QED) is 0.519. The summed E-state index contributed by atoms with van der Waals surface area (Å²) in [6.45, 7) is 2.19. The minimum Gasteiger partial charge on any atom is -0.489 e. The SMILES string of the molecule is O=C(CCOCc1ccccc1)NC1Cc2ccc(OCc3ccccc3)cc2CN1. The summed E-state index contributed by atoms with van der Waals surface area (Å²) in [6.07, 6.45) is 1.04. The highest BCUT2D eigenvalue weighted by Gasteiger charge is 2.20. The summed E-state index contributed by atoms with van der Waals surface area (Å²) in [5, 5.41) is 6.45. The third-order valence-electron chi connectivity index (χ3n) is 5.31. The molecule has 1 atom stereocenters. The lowest BCUT2D eigenvalue weighted by Crippen LogP contribution is -2.49. The Hall–Kier alpha value is -3.15. The highest BCUT2D eigenvalue weighted by Crippen LogP contribution is 2.23. The molecule has 3 aromatic rings. The van der Waals surface area contributed by atoms with Crippen LogP contribution >= 0.6 is 0 Å². The third kappa shape index (κ3) is 6.41. The number of rotatable bonds is 9. The van der Waals surface area contributed by atoms with E-state index in [0.717, 1.165) is 23.3 Å². The lowest BCUT2D eigenvalue weighted by Gasteiger charge is -2.27. The Labute approximate surface area is 183 Å². The van der Waals surface area contributed by atoms with E-state index >= 15 is 0 Å². The van der Waals surface area contributed by atoms with Gasteiger partial charge in [0.25, 0.3) is 0 Å². The van der Waals surface area contributed by atoms with E-state index in [1.807, 2.05) is 54.6 Å². The molecule has 1 amide bonds. The molecule has 2 N–H and O–H groups in total. The molecule has 5 heteroatoms.